The maximum atomic E-state index is 12.8. The molecule has 4 aromatic rings. The van der Waals surface area contributed by atoms with E-state index in [9.17, 15) is 9.59 Å². The Kier molecular flexibility index (Phi) is 6.01. The van der Waals surface area contributed by atoms with Gasteiger partial charge in [0.15, 0.2) is 10.3 Å². The smallest absolute Gasteiger partial charge is 0.262 e. The number of carbonyl (C=O) groups is 1. The summed E-state index contributed by atoms with van der Waals surface area (Å²) in [5.74, 6) is 0.681. The van der Waals surface area contributed by atoms with Gasteiger partial charge in [-0.15, -0.1) is 0 Å². The van der Waals surface area contributed by atoms with Crippen molar-refractivity contribution in [3.05, 3.63) is 52.8 Å². The summed E-state index contributed by atoms with van der Waals surface area (Å²) < 4.78 is 7.80. The third-order valence-corrected chi connectivity index (χ3v) is 6.36. The molecule has 0 aliphatic carbocycles. The van der Waals surface area contributed by atoms with Crippen LogP contribution >= 0.6 is 23.1 Å². The van der Waals surface area contributed by atoms with Gasteiger partial charge in [0.1, 0.15) is 5.75 Å². The summed E-state index contributed by atoms with van der Waals surface area (Å²) in [7, 11) is 1.61. The molecule has 0 saturated heterocycles. The average Bonchev–Trinajstić information content (AvgIpc) is 3.15. The van der Waals surface area contributed by atoms with Crippen molar-refractivity contribution in [1.82, 2.24) is 14.5 Å². The molecule has 2 aromatic carbocycles. The number of aromatic nitrogens is 3. The summed E-state index contributed by atoms with van der Waals surface area (Å²) in [6.07, 6.45) is 0.800. The highest BCUT2D eigenvalue weighted by molar-refractivity contribution is 7.99. The number of ether oxygens (including phenoxy) is 1. The van der Waals surface area contributed by atoms with Crippen LogP contribution in [0.4, 0.5) is 5.13 Å². The Balaban J connectivity index is 1.51. The Hall–Kier alpha value is -2.91. The zero-order valence-electron chi connectivity index (χ0n) is 16.5. The Bertz CT molecular complexity index is 1280. The van der Waals surface area contributed by atoms with Crippen molar-refractivity contribution in [3.63, 3.8) is 0 Å². The lowest BCUT2D eigenvalue weighted by molar-refractivity contribution is -0.113. The molecule has 154 valence electrons. The van der Waals surface area contributed by atoms with E-state index in [4.69, 9.17) is 4.74 Å². The van der Waals surface area contributed by atoms with E-state index in [0.717, 1.165) is 22.4 Å². The number of amides is 1. The van der Waals surface area contributed by atoms with Crippen LogP contribution in [0.3, 0.4) is 0 Å². The van der Waals surface area contributed by atoms with Gasteiger partial charge in [-0.1, -0.05) is 42.2 Å². The number of thiazole rings is 1. The number of fused-ring (bicyclic) bond motifs is 2. The Morgan fingerprint density at radius 2 is 2.03 bits per heavy atom. The van der Waals surface area contributed by atoms with Crippen LogP contribution in [0.1, 0.15) is 13.3 Å². The number of carbonyl (C=O) groups excluding carboxylic acids is 1. The molecule has 0 radical (unpaired) electrons. The Labute approximate surface area is 181 Å². The molecule has 0 fully saturated rings. The molecule has 9 heteroatoms. The molecule has 4 rings (SSSR count). The van der Waals surface area contributed by atoms with Crippen molar-refractivity contribution in [3.8, 4) is 5.75 Å². The van der Waals surface area contributed by atoms with E-state index in [0.29, 0.717) is 27.7 Å². The fraction of sp³-hybridized carbons (Fsp3) is 0.238. The summed E-state index contributed by atoms with van der Waals surface area (Å²) in [6.45, 7) is 2.56. The minimum absolute atomic E-state index is 0.0783. The number of benzene rings is 2. The first-order chi connectivity index (χ1) is 14.6. The van der Waals surface area contributed by atoms with E-state index in [1.165, 1.54) is 23.1 Å². The normalized spacial score (nSPS) is 11.1. The van der Waals surface area contributed by atoms with E-state index in [-0.39, 0.29) is 17.2 Å². The SMILES string of the molecule is CCCn1c(SCC(=O)Nc2nc3ccc(OC)cc3s2)nc2ccccc2c1=O. The highest BCUT2D eigenvalue weighted by atomic mass is 32.2. The van der Waals surface area contributed by atoms with Gasteiger partial charge in [-0.3, -0.25) is 14.2 Å². The van der Waals surface area contributed by atoms with Gasteiger partial charge >= 0.3 is 0 Å². The highest BCUT2D eigenvalue weighted by Gasteiger charge is 2.14. The number of thioether (sulfide) groups is 1. The van der Waals surface area contributed by atoms with E-state index in [1.54, 1.807) is 17.7 Å². The second-order valence-electron chi connectivity index (χ2n) is 6.56. The van der Waals surface area contributed by atoms with Crippen molar-refractivity contribution in [2.75, 3.05) is 18.2 Å². The number of hydrogen-bond acceptors (Lipinski definition) is 7. The lowest BCUT2D eigenvalue weighted by atomic mass is 10.2. The summed E-state index contributed by atoms with van der Waals surface area (Å²) in [4.78, 5) is 34.4. The molecule has 2 heterocycles. The molecule has 1 N–H and O–H groups in total. The van der Waals surface area contributed by atoms with Gasteiger partial charge in [-0.2, -0.15) is 0 Å². The average molecular weight is 441 g/mol. The van der Waals surface area contributed by atoms with Crippen LogP contribution in [-0.2, 0) is 11.3 Å². The largest absolute Gasteiger partial charge is 0.497 e. The number of hydrogen-bond donors (Lipinski definition) is 1. The first-order valence-corrected chi connectivity index (χ1v) is 11.3. The van der Waals surface area contributed by atoms with Crippen molar-refractivity contribution >= 4 is 55.3 Å². The van der Waals surface area contributed by atoms with Gasteiger partial charge in [0.25, 0.3) is 5.56 Å². The van der Waals surface area contributed by atoms with Gasteiger partial charge in [0.05, 0.1) is 34.0 Å². The third-order valence-electron chi connectivity index (χ3n) is 4.45. The maximum absolute atomic E-state index is 12.8. The zero-order chi connectivity index (χ0) is 21.1. The zero-order valence-corrected chi connectivity index (χ0v) is 18.2. The third kappa shape index (κ3) is 4.17. The summed E-state index contributed by atoms with van der Waals surface area (Å²) in [5.41, 5.74) is 1.36. The molecule has 0 aliphatic heterocycles. The first-order valence-electron chi connectivity index (χ1n) is 9.46. The second kappa shape index (κ2) is 8.85. The predicted octanol–water partition coefficient (Wildman–Crippen LogP) is 4.16. The van der Waals surface area contributed by atoms with E-state index in [1.807, 2.05) is 43.3 Å². The van der Waals surface area contributed by atoms with Gasteiger partial charge in [-0.25, -0.2) is 9.97 Å². The van der Waals surface area contributed by atoms with Gasteiger partial charge < -0.3 is 10.1 Å². The molecule has 1 amide bonds. The molecule has 2 aromatic heterocycles. The lowest BCUT2D eigenvalue weighted by Crippen LogP contribution is -2.24. The molecule has 30 heavy (non-hydrogen) atoms. The Morgan fingerprint density at radius 3 is 2.83 bits per heavy atom. The number of rotatable bonds is 7. The van der Waals surface area contributed by atoms with Gasteiger partial charge in [-0.05, 0) is 36.8 Å². The van der Waals surface area contributed by atoms with Gasteiger partial charge in [0, 0.05) is 6.54 Å². The van der Waals surface area contributed by atoms with E-state index < -0.39 is 0 Å². The summed E-state index contributed by atoms with van der Waals surface area (Å²) in [6, 6.07) is 12.9. The Morgan fingerprint density at radius 1 is 1.20 bits per heavy atom. The molecule has 0 atom stereocenters. The van der Waals surface area contributed by atoms with Crippen LogP contribution in [0.2, 0.25) is 0 Å². The van der Waals surface area contributed by atoms with E-state index in [2.05, 4.69) is 15.3 Å². The fourth-order valence-corrected chi connectivity index (χ4v) is 4.79. The summed E-state index contributed by atoms with van der Waals surface area (Å²) in [5, 5.41) is 4.50. The molecule has 0 spiro atoms. The van der Waals surface area contributed by atoms with Crippen molar-refractivity contribution in [2.24, 2.45) is 0 Å². The number of methoxy groups -OCH3 is 1. The molecule has 0 aliphatic rings. The second-order valence-corrected chi connectivity index (χ2v) is 8.53. The molecule has 7 nitrogen and oxygen atoms in total. The molecular formula is C21H20N4O3S2. The molecule has 0 unspecified atom stereocenters. The predicted molar refractivity (Wildman–Crippen MR) is 122 cm³/mol. The maximum Gasteiger partial charge on any atom is 0.262 e. The molecular weight excluding hydrogens is 420 g/mol. The van der Waals surface area contributed by atoms with Crippen LogP contribution < -0.4 is 15.6 Å². The van der Waals surface area contributed by atoms with Crippen LogP contribution in [0.15, 0.2) is 52.4 Å². The number of nitrogens with one attached hydrogen (secondary N) is 1. The van der Waals surface area contributed by atoms with Crippen molar-refractivity contribution < 1.29 is 9.53 Å². The number of anilines is 1. The number of nitrogens with zero attached hydrogens (tertiary/aromatic N) is 3. The minimum atomic E-state index is -0.198. The minimum Gasteiger partial charge on any atom is -0.497 e. The van der Waals surface area contributed by atoms with Crippen LogP contribution in [0, 0.1) is 0 Å². The van der Waals surface area contributed by atoms with Crippen LogP contribution in [0.5, 0.6) is 5.75 Å². The quantitative estimate of drug-likeness (QED) is 0.343. The lowest BCUT2D eigenvalue weighted by Gasteiger charge is -2.12. The first kappa shape index (κ1) is 20.4. The van der Waals surface area contributed by atoms with Crippen LogP contribution in [-0.4, -0.2) is 33.3 Å². The van der Waals surface area contributed by atoms with Crippen LogP contribution in [0.25, 0.3) is 21.1 Å². The fourth-order valence-electron chi connectivity index (χ4n) is 3.05. The highest BCUT2D eigenvalue weighted by Crippen LogP contribution is 2.29. The standard InChI is InChI=1S/C21H20N4O3S2/c1-3-10-25-19(27)14-6-4-5-7-15(14)23-21(25)29-12-18(26)24-20-22-16-9-8-13(28-2)11-17(16)30-20/h4-9,11H,3,10,12H2,1-2H3,(H,22,24,26). The summed E-state index contributed by atoms with van der Waals surface area (Å²) >= 11 is 2.64. The van der Waals surface area contributed by atoms with E-state index >= 15 is 0 Å². The van der Waals surface area contributed by atoms with Crippen molar-refractivity contribution in [2.45, 2.75) is 25.0 Å². The van der Waals surface area contributed by atoms with Crippen molar-refractivity contribution in [1.29, 1.82) is 0 Å². The number of para-hydroxylation sites is 1. The monoisotopic (exact) mass is 440 g/mol. The molecule has 0 bridgehead atoms. The topological polar surface area (TPSA) is 86.1 Å². The van der Waals surface area contributed by atoms with Gasteiger partial charge in [0.2, 0.25) is 5.91 Å². The molecule has 0 saturated carbocycles.